The number of benzene rings is 1. The molecule has 2 heterocycles. The molecule has 3 rings (SSSR count). The van der Waals surface area contributed by atoms with Crippen molar-refractivity contribution in [2.45, 2.75) is 24.7 Å². The molecule has 22 heavy (non-hydrogen) atoms. The second-order valence-electron chi connectivity index (χ2n) is 5.87. The van der Waals surface area contributed by atoms with Gasteiger partial charge in [-0.25, -0.2) is 0 Å². The molecule has 0 spiro atoms. The highest BCUT2D eigenvalue weighted by Crippen LogP contribution is 2.30. The zero-order valence-electron chi connectivity index (χ0n) is 11.9. The fourth-order valence-corrected chi connectivity index (χ4v) is 3.21. The van der Waals surface area contributed by atoms with Crippen molar-refractivity contribution in [1.29, 1.82) is 0 Å². The molecule has 1 amide bonds. The van der Waals surface area contributed by atoms with Gasteiger partial charge in [0.1, 0.15) is 0 Å². The summed E-state index contributed by atoms with van der Waals surface area (Å²) < 4.78 is 38.2. The number of fused-ring (bicyclic) bond motifs is 1. The van der Waals surface area contributed by atoms with Gasteiger partial charge >= 0.3 is 6.18 Å². The highest BCUT2D eigenvalue weighted by atomic mass is 19.4. The van der Waals surface area contributed by atoms with Gasteiger partial charge in [0, 0.05) is 37.8 Å². The third kappa shape index (κ3) is 2.96. The first-order valence-corrected chi connectivity index (χ1v) is 7.23. The van der Waals surface area contributed by atoms with Gasteiger partial charge in [0.15, 0.2) is 0 Å². The molecule has 1 aromatic rings. The lowest BCUT2D eigenvalue weighted by atomic mass is 10.1. The Bertz CT molecular complexity index is 576. The average molecular weight is 314 g/mol. The number of amides is 1. The highest BCUT2D eigenvalue weighted by Gasteiger charge is 2.37. The van der Waals surface area contributed by atoms with Crippen molar-refractivity contribution in [3.8, 4) is 0 Å². The average Bonchev–Trinajstić information content (AvgIpc) is 2.84. The predicted molar refractivity (Wildman–Crippen MR) is 73.3 cm³/mol. The number of piperazine rings is 1. The minimum Gasteiger partial charge on any atom is -0.392 e. The molecule has 0 radical (unpaired) electrons. The van der Waals surface area contributed by atoms with Crippen LogP contribution in [0.25, 0.3) is 0 Å². The Labute approximate surface area is 126 Å². The van der Waals surface area contributed by atoms with Gasteiger partial charge in [-0.2, -0.15) is 13.2 Å². The van der Waals surface area contributed by atoms with Crippen LogP contribution < -0.4 is 0 Å². The molecule has 1 aromatic carbocycles. The van der Waals surface area contributed by atoms with E-state index in [1.165, 1.54) is 12.1 Å². The number of alkyl halides is 3. The third-order valence-corrected chi connectivity index (χ3v) is 4.32. The topological polar surface area (TPSA) is 43.8 Å². The van der Waals surface area contributed by atoms with E-state index in [2.05, 4.69) is 4.90 Å². The summed E-state index contributed by atoms with van der Waals surface area (Å²) in [4.78, 5) is 16.1. The molecule has 2 atom stereocenters. The van der Waals surface area contributed by atoms with Crippen LogP contribution in [-0.2, 0) is 6.18 Å². The second-order valence-corrected chi connectivity index (χ2v) is 5.87. The van der Waals surface area contributed by atoms with Crippen molar-refractivity contribution in [2.75, 3.05) is 26.2 Å². The lowest BCUT2D eigenvalue weighted by molar-refractivity contribution is -0.137. The molecule has 1 N–H and O–H groups in total. The number of nitrogens with zero attached hydrogens (tertiary/aromatic N) is 2. The van der Waals surface area contributed by atoms with Crippen LogP contribution in [0.5, 0.6) is 0 Å². The molecule has 0 saturated carbocycles. The monoisotopic (exact) mass is 314 g/mol. The lowest BCUT2D eigenvalue weighted by Crippen LogP contribution is -2.52. The fourth-order valence-electron chi connectivity index (χ4n) is 3.21. The van der Waals surface area contributed by atoms with Gasteiger partial charge in [-0.05, 0) is 24.6 Å². The Hall–Kier alpha value is -1.60. The summed E-state index contributed by atoms with van der Waals surface area (Å²) in [5.74, 6) is -0.382. The third-order valence-electron chi connectivity index (χ3n) is 4.32. The maximum absolute atomic E-state index is 12.7. The molecule has 7 heteroatoms. The van der Waals surface area contributed by atoms with Crippen molar-refractivity contribution >= 4 is 5.91 Å². The lowest BCUT2D eigenvalue weighted by Gasteiger charge is -2.37. The van der Waals surface area contributed by atoms with Crippen molar-refractivity contribution < 1.29 is 23.1 Å². The van der Waals surface area contributed by atoms with Crippen LogP contribution in [0.4, 0.5) is 13.2 Å². The van der Waals surface area contributed by atoms with E-state index in [0.717, 1.165) is 12.1 Å². The van der Waals surface area contributed by atoms with E-state index in [-0.39, 0.29) is 23.6 Å². The molecule has 2 aliphatic heterocycles. The number of carbonyl (C=O) groups excluding carboxylic acids is 1. The Morgan fingerprint density at radius 1 is 1.23 bits per heavy atom. The normalized spacial score (nSPS) is 26.1. The van der Waals surface area contributed by atoms with Crippen LogP contribution >= 0.6 is 0 Å². The summed E-state index contributed by atoms with van der Waals surface area (Å²) >= 11 is 0. The van der Waals surface area contributed by atoms with Crippen molar-refractivity contribution in [1.82, 2.24) is 9.80 Å². The van der Waals surface area contributed by atoms with E-state index in [1.54, 1.807) is 4.90 Å². The van der Waals surface area contributed by atoms with E-state index in [4.69, 9.17) is 0 Å². The molecule has 120 valence electrons. The summed E-state index contributed by atoms with van der Waals surface area (Å²) in [6.07, 6.45) is -4.23. The van der Waals surface area contributed by atoms with Crippen LogP contribution in [0, 0.1) is 0 Å². The molecular formula is C15H17F3N2O2. The maximum atomic E-state index is 12.7. The highest BCUT2D eigenvalue weighted by molar-refractivity contribution is 5.94. The number of halogens is 3. The van der Waals surface area contributed by atoms with Gasteiger partial charge in [-0.1, -0.05) is 6.07 Å². The van der Waals surface area contributed by atoms with Gasteiger partial charge in [0.2, 0.25) is 0 Å². The Kier molecular flexibility index (Phi) is 3.86. The first-order valence-electron chi connectivity index (χ1n) is 7.23. The largest absolute Gasteiger partial charge is 0.416 e. The Morgan fingerprint density at radius 3 is 2.73 bits per heavy atom. The Balaban J connectivity index is 1.74. The van der Waals surface area contributed by atoms with Gasteiger partial charge in [-0.15, -0.1) is 0 Å². The molecule has 4 nitrogen and oxygen atoms in total. The Morgan fingerprint density at radius 2 is 2.00 bits per heavy atom. The molecule has 0 bridgehead atoms. The van der Waals surface area contributed by atoms with E-state index in [1.807, 2.05) is 0 Å². The summed E-state index contributed by atoms with van der Waals surface area (Å²) in [6.45, 7) is 2.17. The van der Waals surface area contributed by atoms with Crippen LogP contribution in [0.2, 0.25) is 0 Å². The van der Waals surface area contributed by atoms with Gasteiger partial charge in [0.25, 0.3) is 5.91 Å². The number of aliphatic hydroxyl groups is 1. The summed E-state index contributed by atoms with van der Waals surface area (Å²) in [5.41, 5.74) is -0.755. The first kappa shape index (κ1) is 15.3. The van der Waals surface area contributed by atoms with Crippen LogP contribution in [-0.4, -0.2) is 59.1 Å². The SMILES string of the molecule is O=C(c1cccc(C(F)(F)F)c1)N1CCN2CC(O)CC2C1. The molecule has 2 unspecified atom stereocenters. The summed E-state index contributed by atoms with van der Waals surface area (Å²) in [7, 11) is 0. The number of hydrogen-bond acceptors (Lipinski definition) is 3. The molecule has 2 saturated heterocycles. The molecule has 0 aromatic heterocycles. The molecule has 2 fully saturated rings. The number of hydrogen-bond donors (Lipinski definition) is 1. The van der Waals surface area contributed by atoms with Crippen LogP contribution in [0.1, 0.15) is 22.3 Å². The zero-order valence-corrected chi connectivity index (χ0v) is 11.9. The smallest absolute Gasteiger partial charge is 0.392 e. The van der Waals surface area contributed by atoms with E-state index >= 15 is 0 Å². The van der Waals surface area contributed by atoms with Crippen LogP contribution in [0.3, 0.4) is 0 Å². The number of rotatable bonds is 1. The second kappa shape index (κ2) is 5.55. The quantitative estimate of drug-likeness (QED) is 0.856. The molecule has 0 aliphatic carbocycles. The summed E-state index contributed by atoms with van der Waals surface area (Å²) in [6, 6.07) is 4.62. The molecular weight excluding hydrogens is 297 g/mol. The van der Waals surface area contributed by atoms with Crippen LogP contribution in [0.15, 0.2) is 24.3 Å². The first-order chi connectivity index (χ1) is 10.3. The number of carbonyl (C=O) groups is 1. The van der Waals surface area contributed by atoms with E-state index in [0.29, 0.717) is 32.6 Å². The summed E-state index contributed by atoms with van der Waals surface area (Å²) in [5, 5.41) is 9.66. The zero-order chi connectivity index (χ0) is 15.9. The van der Waals surface area contributed by atoms with Gasteiger partial charge < -0.3 is 10.0 Å². The van der Waals surface area contributed by atoms with Crippen molar-refractivity contribution in [3.63, 3.8) is 0 Å². The predicted octanol–water partition coefficient (Wildman–Crippen LogP) is 1.60. The number of aliphatic hydroxyl groups excluding tert-OH is 1. The van der Waals surface area contributed by atoms with Crippen molar-refractivity contribution in [2.24, 2.45) is 0 Å². The fraction of sp³-hybridized carbons (Fsp3) is 0.533. The van der Waals surface area contributed by atoms with Gasteiger partial charge in [-0.3, -0.25) is 9.69 Å². The van der Waals surface area contributed by atoms with E-state index < -0.39 is 11.7 Å². The maximum Gasteiger partial charge on any atom is 0.416 e. The van der Waals surface area contributed by atoms with E-state index in [9.17, 15) is 23.1 Å². The minimum absolute atomic E-state index is 0.0572. The van der Waals surface area contributed by atoms with Gasteiger partial charge in [0.05, 0.1) is 11.7 Å². The standard InChI is InChI=1S/C15H17F3N2O2/c16-15(17,18)11-3-1-2-10(6-11)14(22)20-5-4-19-9-13(21)7-12(19)8-20/h1-3,6,12-13,21H,4-5,7-9H2. The minimum atomic E-state index is -4.45. The van der Waals surface area contributed by atoms with Crippen molar-refractivity contribution in [3.05, 3.63) is 35.4 Å². The molecule has 2 aliphatic rings.